The standard InChI is InChI=1S/C12H23NO3/c1-12(2,3)16-11(14)9-15-10-5-7-13(4)8-6-10/h10H,5-9H2,1-4H3. The van der Waals surface area contributed by atoms with Crippen molar-refractivity contribution in [3.8, 4) is 0 Å². The molecule has 1 aliphatic heterocycles. The fourth-order valence-corrected chi connectivity index (χ4v) is 1.71. The molecule has 1 fully saturated rings. The van der Waals surface area contributed by atoms with E-state index in [0.29, 0.717) is 0 Å². The van der Waals surface area contributed by atoms with E-state index in [0.717, 1.165) is 25.9 Å². The van der Waals surface area contributed by atoms with Gasteiger partial charge in [0.1, 0.15) is 12.2 Å². The molecule has 0 aliphatic carbocycles. The molecule has 94 valence electrons. The molecule has 0 aromatic rings. The van der Waals surface area contributed by atoms with Gasteiger partial charge in [-0.1, -0.05) is 0 Å². The second-order valence-corrected chi connectivity index (χ2v) is 5.40. The molecule has 16 heavy (non-hydrogen) atoms. The number of piperidine rings is 1. The molecule has 0 N–H and O–H groups in total. The van der Waals surface area contributed by atoms with Crippen molar-refractivity contribution in [2.45, 2.75) is 45.3 Å². The fraction of sp³-hybridized carbons (Fsp3) is 0.917. The summed E-state index contributed by atoms with van der Waals surface area (Å²) in [4.78, 5) is 13.7. The Morgan fingerprint density at radius 2 is 1.88 bits per heavy atom. The number of hydrogen-bond donors (Lipinski definition) is 0. The van der Waals surface area contributed by atoms with E-state index in [4.69, 9.17) is 9.47 Å². The van der Waals surface area contributed by atoms with Crippen molar-refractivity contribution in [2.75, 3.05) is 26.7 Å². The van der Waals surface area contributed by atoms with Crippen LogP contribution >= 0.6 is 0 Å². The SMILES string of the molecule is CN1CCC(OCC(=O)OC(C)(C)C)CC1. The van der Waals surface area contributed by atoms with E-state index in [1.54, 1.807) is 0 Å². The average molecular weight is 229 g/mol. The summed E-state index contributed by atoms with van der Waals surface area (Å²) in [5, 5.41) is 0. The molecule has 0 spiro atoms. The van der Waals surface area contributed by atoms with Crippen molar-refractivity contribution in [3.63, 3.8) is 0 Å². The Balaban J connectivity index is 2.17. The third kappa shape index (κ3) is 5.47. The number of esters is 1. The lowest BCUT2D eigenvalue weighted by molar-refractivity contribution is -0.163. The summed E-state index contributed by atoms with van der Waals surface area (Å²) in [5.74, 6) is -0.272. The number of ether oxygens (including phenoxy) is 2. The molecule has 1 saturated heterocycles. The number of likely N-dealkylation sites (tertiary alicyclic amines) is 1. The molecule has 0 atom stereocenters. The van der Waals surface area contributed by atoms with Crippen molar-refractivity contribution in [3.05, 3.63) is 0 Å². The van der Waals surface area contributed by atoms with Crippen LogP contribution in [0.4, 0.5) is 0 Å². The van der Waals surface area contributed by atoms with E-state index in [-0.39, 0.29) is 18.7 Å². The van der Waals surface area contributed by atoms with E-state index in [2.05, 4.69) is 11.9 Å². The fourth-order valence-electron chi connectivity index (χ4n) is 1.71. The molecule has 0 radical (unpaired) electrons. The Bertz CT molecular complexity index is 227. The first-order valence-corrected chi connectivity index (χ1v) is 5.89. The highest BCUT2D eigenvalue weighted by Crippen LogP contribution is 2.13. The predicted octanol–water partition coefficient (Wildman–Crippen LogP) is 1.44. The Labute approximate surface area is 97.9 Å². The molecule has 0 amide bonds. The average Bonchev–Trinajstić information content (AvgIpc) is 2.14. The van der Waals surface area contributed by atoms with Gasteiger partial charge >= 0.3 is 5.97 Å². The Kier molecular flexibility index (Phi) is 4.74. The van der Waals surface area contributed by atoms with Gasteiger partial charge in [0.25, 0.3) is 0 Å². The molecule has 0 unspecified atom stereocenters. The summed E-state index contributed by atoms with van der Waals surface area (Å²) in [7, 11) is 2.10. The first-order valence-electron chi connectivity index (χ1n) is 5.89. The number of nitrogens with zero attached hydrogens (tertiary/aromatic N) is 1. The Hall–Kier alpha value is -0.610. The van der Waals surface area contributed by atoms with Crippen molar-refractivity contribution < 1.29 is 14.3 Å². The summed E-state index contributed by atoms with van der Waals surface area (Å²) < 4.78 is 10.7. The number of rotatable bonds is 3. The minimum atomic E-state index is -0.423. The number of hydrogen-bond acceptors (Lipinski definition) is 4. The van der Waals surface area contributed by atoms with Crippen LogP contribution in [0.15, 0.2) is 0 Å². The monoisotopic (exact) mass is 229 g/mol. The smallest absolute Gasteiger partial charge is 0.332 e. The van der Waals surface area contributed by atoms with Gasteiger partial charge in [-0.15, -0.1) is 0 Å². The van der Waals surface area contributed by atoms with Crippen LogP contribution in [0, 0.1) is 0 Å². The van der Waals surface area contributed by atoms with Gasteiger partial charge in [0.2, 0.25) is 0 Å². The predicted molar refractivity (Wildman–Crippen MR) is 62.3 cm³/mol. The summed E-state index contributed by atoms with van der Waals surface area (Å²) in [6, 6.07) is 0. The van der Waals surface area contributed by atoms with Gasteiger partial charge in [-0.05, 0) is 40.7 Å². The zero-order chi connectivity index (χ0) is 12.2. The van der Waals surface area contributed by atoms with Crippen LogP contribution in [0.3, 0.4) is 0 Å². The molecule has 0 bridgehead atoms. The summed E-state index contributed by atoms with van der Waals surface area (Å²) in [6.07, 6.45) is 2.21. The maximum absolute atomic E-state index is 11.4. The van der Waals surface area contributed by atoms with Crippen LogP contribution in [0.25, 0.3) is 0 Å². The second kappa shape index (κ2) is 5.64. The van der Waals surface area contributed by atoms with Gasteiger partial charge in [-0.2, -0.15) is 0 Å². The van der Waals surface area contributed by atoms with Crippen LogP contribution in [-0.4, -0.2) is 49.3 Å². The minimum absolute atomic E-state index is 0.0751. The van der Waals surface area contributed by atoms with Crippen molar-refractivity contribution in [1.82, 2.24) is 4.90 Å². The van der Waals surface area contributed by atoms with Crippen LogP contribution in [0.5, 0.6) is 0 Å². The van der Waals surface area contributed by atoms with Gasteiger partial charge < -0.3 is 14.4 Å². The first kappa shape index (κ1) is 13.5. The van der Waals surface area contributed by atoms with Crippen LogP contribution in [-0.2, 0) is 14.3 Å². The quantitative estimate of drug-likeness (QED) is 0.686. The van der Waals surface area contributed by atoms with E-state index >= 15 is 0 Å². The Morgan fingerprint density at radius 1 is 1.31 bits per heavy atom. The zero-order valence-electron chi connectivity index (χ0n) is 10.8. The third-order valence-electron chi connectivity index (χ3n) is 2.52. The summed E-state index contributed by atoms with van der Waals surface area (Å²) in [5.41, 5.74) is -0.423. The molecule has 4 heteroatoms. The highest BCUT2D eigenvalue weighted by atomic mass is 16.6. The molecule has 0 aromatic heterocycles. The number of carbonyl (C=O) groups is 1. The van der Waals surface area contributed by atoms with Gasteiger partial charge in [-0.25, -0.2) is 4.79 Å². The lowest BCUT2D eigenvalue weighted by Gasteiger charge is -2.29. The van der Waals surface area contributed by atoms with Crippen LogP contribution in [0.1, 0.15) is 33.6 Å². The van der Waals surface area contributed by atoms with E-state index in [1.165, 1.54) is 0 Å². The van der Waals surface area contributed by atoms with E-state index in [1.807, 2.05) is 20.8 Å². The molecular formula is C12H23NO3. The number of carbonyl (C=O) groups excluding carboxylic acids is 1. The van der Waals surface area contributed by atoms with Gasteiger partial charge in [0.05, 0.1) is 6.10 Å². The maximum atomic E-state index is 11.4. The topological polar surface area (TPSA) is 38.8 Å². The zero-order valence-corrected chi connectivity index (χ0v) is 10.8. The van der Waals surface area contributed by atoms with Gasteiger partial charge in [-0.3, -0.25) is 0 Å². The van der Waals surface area contributed by atoms with Crippen molar-refractivity contribution in [2.24, 2.45) is 0 Å². The first-order chi connectivity index (χ1) is 7.37. The summed E-state index contributed by atoms with van der Waals surface area (Å²) >= 11 is 0. The van der Waals surface area contributed by atoms with Crippen molar-refractivity contribution in [1.29, 1.82) is 0 Å². The molecule has 0 aromatic carbocycles. The normalized spacial score (nSPS) is 19.8. The Morgan fingerprint density at radius 3 is 2.38 bits per heavy atom. The highest BCUT2D eigenvalue weighted by Gasteiger charge is 2.20. The van der Waals surface area contributed by atoms with Gasteiger partial charge in [0.15, 0.2) is 0 Å². The molecule has 4 nitrogen and oxygen atoms in total. The van der Waals surface area contributed by atoms with Gasteiger partial charge in [0, 0.05) is 13.1 Å². The maximum Gasteiger partial charge on any atom is 0.332 e. The van der Waals surface area contributed by atoms with E-state index in [9.17, 15) is 4.79 Å². The lowest BCUT2D eigenvalue weighted by Crippen LogP contribution is -2.36. The van der Waals surface area contributed by atoms with Crippen molar-refractivity contribution >= 4 is 5.97 Å². The molecule has 1 aliphatic rings. The van der Waals surface area contributed by atoms with Crippen LogP contribution in [0.2, 0.25) is 0 Å². The summed E-state index contributed by atoms with van der Waals surface area (Å²) in [6.45, 7) is 7.74. The van der Waals surface area contributed by atoms with E-state index < -0.39 is 5.60 Å². The van der Waals surface area contributed by atoms with Crippen LogP contribution < -0.4 is 0 Å². The molecule has 0 saturated carbocycles. The largest absolute Gasteiger partial charge is 0.458 e. The molecule has 1 heterocycles. The third-order valence-corrected chi connectivity index (χ3v) is 2.52. The molecular weight excluding hydrogens is 206 g/mol. The molecule has 1 rings (SSSR count). The highest BCUT2D eigenvalue weighted by molar-refractivity contribution is 5.71. The second-order valence-electron chi connectivity index (χ2n) is 5.40. The lowest BCUT2D eigenvalue weighted by atomic mass is 10.1. The minimum Gasteiger partial charge on any atom is -0.458 e.